The number of anilines is 1. The lowest BCUT2D eigenvalue weighted by Gasteiger charge is -2.25. The van der Waals surface area contributed by atoms with Crippen molar-refractivity contribution in [2.75, 3.05) is 5.73 Å². The van der Waals surface area contributed by atoms with Crippen LogP contribution in [0.15, 0.2) is 59.3 Å². The Morgan fingerprint density at radius 1 is 1.09 bits per heavy atom. The van der Waals surface area contributed by atoms with E-state index in [9.17, 15) is 9.59 Å². The summed E-state index contributed by atoms with van der Waals surface area (Å²) in [7, 11) is 0. The Balaban J connectivity index is 1.44. The predicted octanol–water partition coefficient (Wildman–Crippen LogP) is 2.53. The molecule has 11 heteroatoms. The zero-order valence-corrected chi connectivity index (χ0v) is 18.7. The fourth-order valence-electron chi connectivity index (χ4n) is 4.53. The number of fused-ring (bicyclic) bond motifs is 3. The van der Waals surface area contributed by atoms with Crippen LogP contribution in [-0.2, 0) is 9.59 Å². The Labute approximate surface area is 199 Å². The summed E-state index contributed by atoms with van der Waals surface area (Å²) in [5.41, 5.74) is 7.86. The summed E-state index contributed by atoms with van der Waals surface area (Å²) in [5, 5.41) is 12.7. The van der Waals surface area contributed by atoms with Crippen molar-refractivity contribution < 1.29 is 14.0 Å². The fourth-order valence-corrected chi connectivity index (χ4v) is 4.53. The molecule has 4 aromatic heterocycles. The number of Topliss-reactive ketones (excluding diaryl/α,β-unsaturated/α-hetero) is 1. The summed E-state index contributed by atoms with van der Waals surface area (Å²) in [6.45, 7) is 0. The number of nitrogens with zero attached hydrogens (tertiary/aromatic N) is 6. The Bertz CT molecular complexity index is 1530. The van der Waals surface area contributed by atoms with Gasteiger partial charge in [0.25, 0.3) is 0 Å². The van der Waals surface area contributed by atoms with Gasteiger partial charge in [-0.3, -0.25) is 9.59 Å². The van der Waals surface area contributed by atoms with Gasteiger partial charge in [-0.05, 0) is 30.5 Å². The van der Waals surface area contributed by atoms with E-state index in [-0.39, 0.29) is 23.7 Å². The molecule has 0 aliphatic heterocycles. The maximum atomic E-state index is 13.6. The number of carbonyl (C=O) groups excluding carboxylic acids is 2. The van der Waals surface area contributed by atoms with Gasteiger partial charge in [0.1, 0.15) is 5.78 Å². The highest BCUT2D eigenvalue weighted by molar-refractivity contribution is 5.92. The third-order valence-electron chi connectivity index (χ3n) is 6.29. The van der Waals surface area contributed by atoms with E-state index in [0.29, 0.717) is 53.9 Å². The van der Waals surface area contributed by atoms with Crippen molar-refractivity contribution in [2.24, 2.45) is 0 Å². The van der Waals surface area contributed by atoms with E-state index in [1.807, 2.05) is 30.3 Å². The van der Waals surface area contributed by atoms with Gasteiger partial charge in [-0.25, -0.2) is 9.67 Å². The largest absolute Gasteiger partial charge is 0.461 e. The number of furan rings is 1. The van der Waals surface area contributed by atoms with E-state index in [1.165, 1.54) is 4.52 Å². The summed E-state index contributed by atoms with van der Waals surface area (Å²) in [5.74, 6) is 0.990. The zero-order valence-electron chi connectivity index (χ0n) is 18.7. The topological polar surface area (TPSA) is 146 Å². The average molecular weight is 470 g/mol. The second-order valence-corrected chi connectivity index (χ2v) is 8.58. The van der Waals surface area contributed by atoms with E-state index in [4.69, 9.17) is 10.2 Å². The Morgan fingerprint density at radius 3 is 2.63 bits per heavy atom. The Morgan fingerprint density at radius 2 is 1.89 bits per heavy atom. The van der Waals surface area contributed by atoms with Crippen molar-refractivity contribution in [1.29, 1.82) is 0 Å². The van der Waals surface area contributed by atoms with Crippen LogP contribution in [0.3, 0.4) is 0 Å². The quantitative estimate of drug-likeness (QED) is 0.398. The molecule has 1 aromatic carbocycles. The van der Waals surface area contributed by atoms with Crippen molar-refractivity contribution in [3.8, 4) is 11.6 Å². The molecule has 4 heterocycles. The van der Waals surface area contributed by atoms with E-state index in [1.54, 1.807) is 29.3 Å². The second-order valence-electron chi connectivity index (χ2n) is 8.58. The summed E-state index contributed by atoms with van der Waals surface area (Å²) >= 11 is 0. The lowest BCUT2D eigenvalue weighted by atomic mass is 9.94. The smallest absolute Gasteiger partial charge is 0.249 e. The van der Waals surface area contributed by atoms with Crippen LogP contribution < -0.4 is 11.1 Å². The van der Waals surface area contributed by atoms with E-state index in [2.05, 4.69) is 25.5 Å². The molecule has 1 fully saturated rings. The van der Waals surface area contributed by atoms with E-state index < -0.39 is 6.04 Å². The van der Waals surface area contributed by atoms with Gasteiger partial charge in [-0.1, -0.05) is 30.3 Å². The number of nitrogens with one attached hydrogen (secondary N) is 1. The maximum Gasteiger partial charge on any atom is 0.249 e. The summed E-state index contributed by atoms with van der Waals surface area (Å²) < 4.78 is 8.41. The molecule has 0 bridgehead atoms. The van der Waals surface area contributed by atoms with Gasteiger partial charge in [0, 0.05) is 18.9 Å². The molecule has 0 spiro atoms. The minimum Gasteiger partial charge on any atom is -0.461 e. The second kappa shape index (κ2) is 8.35. The predicted molar refractivity (Wildman–Crippen MR) is 126 cm³/mol. The maximum absolute atomic E-state index is 13.6. The van der Waals surface area contributed by atoms with Crippen molar-refractivity contribution >= 4 is 34.3 Å². The highest BCUT2D eigenvalue weighted by Gasteiger charge is 2.30. The molecule has 1 amide bonds. The lowest BCUT2D eigenvalue weighted by molar-refractivity contribution is -0.126. The Hall–Kier alpha value is -4.54. The molecule has 1 aliphatic carbocycles. The lowest BCUT2D eigenvalue weighted by Crippen LogP contribution is -2.42. The molecule has 5 aromatic rings. The average Bonchev–Trinajstić information content (AvgIpc) is 3.62. The monoisotopic (exact) mass is 470 g/mol. The minimum atomic E-state index is -0.784. The molecule has 1 unspecified atom stereocenters. The number of carbonyl (C=O) groups is 2. The molecular formula is C24H22N8O3. The van der Waals surface area contributed by atoms with E-state index >= 15 is 0 Å². The van der Waals surface area contributed by atoms with Crippen LogP contribution in [0.1, 0.15) is 37.3 Å². The zero-order chi connectivity index (χ0) is 23.9. The standard InChI is InChI=1S/C24H22N8O3/c25-24-29-22-17(21-28-20(30-32(21)24)18-7-4-12-35-18)13-26-31(22)19(14-5-2-1-3-6-14)23(34)27-15-8-10-16(33)11-9-15/h1-7,12-13,15,19H,8-11H2,(H2,25,29)(H,27,34). The molecule has 1 aliphatic rings. The first-order valence-electron chi connectivity index (χ1n) is 11.4. The van der Waals surface area contributed by atoms with Crippen LogP contribution >= 0.6 is 0 Å². The molecule has 0 radical (unpaired) electrons. The molecule has 35 heavy (non-hydrogen) atoms. The molecule has 0 saturated heterocycles. The molecular weight excluding hydrogens is 448 g/mol. The van der Waals surface area contributed by atoms with Crippen LogP contribution in [0.4, 0.5) is 5.95 Å². The number of hydrogen-bond donors (Lipinski definition) is 2. The number of ketones is 1. The number of amides is 1. The van der Waals surface area contributed by atoms with Gasteiger partial charge in [0.15, 0.2) is 23.1 Å². The van der Waals surface area contributed by atoms with Crippen LogP contribution in [-0.4, -0.2) is 47.1 Å². The van der Waals surface area contributed by atoms with Gasteiger partial charge in [0.2, 0.25) is 17.7 Å². The number of hydrogen-bond acceptors (Lipinski definition) is 8. The third kappa shape index (κ3) is 3.70. The van der Waals surface area contributed by atoms with Gasteiger partial charge >= 0.3 is 0 Å². The third-order valence-corrected chi connectivity index (χ3v) is 6.29. The molecule has 11 nitrogen and oxygen atoms in total. The van der Waals surface area contributed by atoms with Crippen LogP contribution in [0.2, 0.25) is 0 Å². The van der Waals surface area contributed by atoms with Crippen molar-refractivity contribution in [1.82, 2.24) is 34.7 Å². The van der Waals surface area contributed by atoms with Gasteiger partial charge in [0.05, 0.1) is 17.8 Å². The molecule has 176 valence electrons. The number of nitrogen functional groups attached to an aromatic ring is 1. The first kappa shape index (κ1) is 21.0. The number of benzene rings is 1. The highest BCUT2D eigenvalue weighted by atomic mass is 16.3. The number of aromatic nitrogens is 6. The van der Waals surface area contributed by atoms with Crippen LogP contribution in [0, 0.1) is 0 Å². The minimum absolute atomic E-state index is 0.0645. The van der Waals surface area contributed by atoms with Gasteiger partial charge in [-0.15, -0.1) is 5.10 Å². The van der Waals surface area contributed by atoms with Crippen LogP contribution in [0.25, 0.3) is 28.3 Å². The molecule has 3 N–H and O–H groups in total. The normalized spacial score (nSPS) is 15.6. The Kier molecular flexibility index (Phi) is 5.02. The van der Waals surface area contributed by atoms with E-state index in [0.717, 1.165) is 5.56 Å². The molecule has 1 atom stereocenters. The SMILES string of the molecule is Nc1nc2c(cnn2C(C(=O)NC2CCC(=O)CC2)c2ccccc2)c2nc(-c3ccco3)nn12. The number of rotatable bonds is 5. The van der Waals surface area contributed by atoms with Crippen molar-refractivity contribution in [2.45, 2.75) is 37.8 Å². The summed E-state index contributed by atoms with van der Waals surface area (Å²) in [6.07, 6.45) is 5.38. The van der Waals surface area contributed by atoms with Crippen molar-refractivity contribution in [3.05, 3.63) is 60.5 Å². The molecule has 1 saturated carbocycles. The first-order valence-corrected chi connectivity index (χ1v) is 11.4. The van der Waals surface area contributed by atoms with Gasteiger partial charge < -0.3 is 15.5 Å². The first-order chi connectivity index (χ1) is 17.1. The summed E-state index contributed by atoms with van der Waals surface area (Å²) in [4.78, 5) is 34.3. The van der Waals surface area contributed by atoms with Crippen molar-refractivity contribution in [3.63, 3.8) is 0 Å². The van der Waals surface area contributed by atoms with Gasteiger partial charge in [-0.2, -0.15) is 14.6 Å². The summed E-state index contributed by atoms with van der Waals surface area (Å²) in [6, 6.07) is 12.0. The molecule has 6 rings (SSSR count). The number of nitrogens with two attached hydrogens (primary N) is 1. The fraction of sp³-hybridized carbons (Fsp3) is 0.250. The van der Waals surface area contributed by atoms with Crippen LogP contribution in [0.5, 0.6) is 0 Å². The highest BCUT2D eigenvalue weighted by Crippen LogP contribution is 2.28.